The fourth-order valence-corrected chi connectivity index (χ4v) is 0.896. The Morgan fingerprint density at radius 3 is 2.73 bits per heavy atom. The molecule has 11 heavy (non-hydrogen) atoms. The highest BCUT2D eigenvalue weighted by Crippen LogP contribution is 2.17. The zero-order chi connectivity index (χ0) is 8.43. The van der Waals surface area contributed by atoms with Crippen molar-refractivity contribution in [2.75, 3.05) is 5.73 Å². The first kappa shape index (κ1) is 7.79. The summed E-state index contributed by atoms with van der Waals surface area (Å²) in [6.07, 6.45) is 1.54. The van der Waals surface area contributed by atoms with E-state index in [2.05, 4.69) is 6.58 Å². The molecule has 0 aliphatic heterocycles. The molecular weight excluding hydrogens is 141 g/mol. The minimum Gasteiger partial charge on any atom is -0.398 e. The molecule has 2 N–H and O–H groups in total. The minimum atomic E-state index is -0.242. The summed E-state index contributed by atoms with van der Waals surface area (Å²) in [6, 6.07) is 2.99. The summed E-state index contributed by atoms with van der Waals surface area (Å²) in [7, 11) is 0. The standard InChI is InChI=1S/C9H10FN/c1-3-7-5-8(10)6(2)4-9(7)11/h3-5H,1,11H2,2H3. The van der Waals surface area contributed by atoms with Crippen LogP contribution in [-0.2, 0) is 0 Å². The minimum absolute atomic E-state index is 0.242. The van der Waals surface area contributed by atoms with Crippen molar-refractivity contribution in [1.82, 2.24) is 0 Å². The van der Waals surface area contributed by atoms with Crippen LogP contribution in [0.25, 0.3) is 6.08 Å². The first-order valence-corrected chi connectivity index (χ1v) is 3.33. The molecule has 1 nitrogen and oxygen atoms in total. The normalized spacial score (nSPS) is 9.64. The zero-order valence-electron chi connectivity index (χ0n) is 6.39. The molecule has 0 saturated carbocycles. The van der Waals surface area contributed by atoms with E-state index in [4.69, 9.17) is 5.73 Å². The van der Waals surface area contributed by atoms with Crippen molar-refractivity contribution in [3.63, 3.8) is 0 Å². The van der Waals surface area contributed by atoms with Crippen LogP contribution in [0.3, 0.4) is 0 Å². The number of anilines is 1. The van der Waals surface area contributed by atoms with Crippen LogP contribution < -0.4 is 5.73 Å². The molecule has 1 rings (SSSR count). The van der Waals surface area contributed by atoms with E-state index < -0.39 is 0 Å². The van der Waals surface area contributed by atoms with E-state index in [0.717, 1.165) is 0 Å². The van der Waals surface area contributed by atoms with Crippen LogP contribution in [0.2, 0.25) is 0 Å². The molecule has 0 saturated heterocycles. The van der Waals surface area contributed by atoms with Gasteiger partial charge in [-0.2, -0.15) is 0 Å². The largest absolute Gasteiger partial charge is 0.398 e. The second kappa shape index (κ2) is 2.74. The Kier molecular flexibility index (Phi) is 1.94. The van der Waals surface area contributed by atoms with E-state index in [0.29, 0.717) is 16.8 Å². The molecule has 0 heterocycles. The lowest BCUT2D eigenvalue weighted by Crippen LogP contribution is -1.92. The Balaban J connectivity index is 3.31. The highest BCUT2D eigenvalue weighted by atomic mass is 19.1. The lowest BCUT2D eigenvalue weighted by molar-refractivity contribution is 0.618. The predicted octanol–water partition coefficient (Wildman–Crippen LogP) is 2.36. The number of hydrogen-bond acceptors (Lipinski definition) is 1. The van der Waals surface area contributed by atoms with Gasteiger partial charge in [0.05, 0.1) is 0 Å². The third-order valence-electron chi connectivity index (χ3n) is 1.58. The molecule has 2 heteroatoms. The van der Waals surface area contributed by atoms with Gasteiger partial charge in [0.15, 0.2) is 0 Å². The van der Waals surface area contributed by atoms with Crippen LogP contribution in [0.4, 0.5) is 10.1 Å². The van der Waals surface area contributed by atoms with Crippen molar-refractivity contribution in [2.24, 2.45) is 0 Å². The highest BCUT2D eigenvalue weighted by molar-refractivity contribution is 5.64. The van der Waals surface area contributed by atoms with Gasteiger partial charge in [-0.25, -0.2) is 4.39 Å². The maximum Gasteiger partial charge on any atom is 0.126 e. The first-order valence-electron chi connectivity index (χ1n) is 3.33. The molecular formula is C9H10FN. The number of halogens is 1. The van der Waals surface area contributed by atoms with Crippen molar-refractivity contribution >= 4 is 11.8 Å². The van der Waals surface area contributed by atoms with Crippen molar-refractivity contribution < 1.29 is 4.39 Å². The summed E-state index contributed by atoms with van der Waals surface area (Å²) in [4.78, 5) is 0. The molecule has 1 aromatic rings. The first-order chi connectivity index (χ1) is 5.15. The van der Waals surface area contributed by atoms with Crippen molar-refractivity contribution in [3.05, 3.63) is 35.7 Å². The van der Waals surface area contributed by atoms with Crippen molar-refractivity contribution in [1.29, 1.82) is 0 Å². The van der Waals surface area contributed by atoms with E-state index >= 15 is 0 Å². The zero-order valence-corrected chi connectivity index (χ0v) is 6.39. The van der Waals surface area contributed by atoms with Gasteiger partial charge in [0.2, 0.25) is 0 Å². The van der Waals surface area contributed by atoms with E-state index in [9.17, 15) is 4.39 Å². The molecule has 0 atom stereocenters. The molecule has 0 spiro atoms. The van der Waals surface area contributed by atoms with Gasteiger partial charge in [0.25, 0.3) is 0 Å². The van der Waals surface area contributed by atoms with Gasteiger partial charge in [0, 0.05) is 5.69 Å². The quantitative estimate of drug-likeness (QED) is 0.612. The summed E-state index contributed by atoms with van der Waals surface area (Å²) in [5, 5.41) is 0. The number of hydrogen-bond donors (Lipinski definition) is 1. The second-order valence-corrected chi connectivity index (χ2v) is 2.43. The number of benzene rings is 1. The Bertz CT molecular complexity index is 292. The van der Waals surface area contributed by atoms with Gasteiger partial charge in [-0.3, -0.25) is 0 Å². The molecule has 0 aliphatic carbocycles. The molecule has 0 radical (unpaired) electrons. The average molecular weight is 151 g/mol. The molecule has 0 fully saturated rings. The summed E-state index contributed by atoms with van der Waals surface area (Å²) in [6.45, 7) is 5.20. The van der Waals surface area contributed by atoms with Crippen LogP contribution in [0.5, 0.6) is 0 Å². The predicted molar refractivity (Wildman–Crippen MR) is 45.6 cm³/mol. The van der Waals surface area contributed by atoms with Crippen LogP contribution in [0.15, 0.2) is 18.7 Å². The van der Waals surface area contributed by atoms with E-state index in [1.165, 1.54) is 12.1 Å². The van der Waals surface area contributed by atoms with Crippen LogP contribution >= 0.6 is 0 Å². The highest BCUT2D eigenvalue weighted by Gasteiger charge is 2.00. The maximum absolute atomic E-state index is 12.8. The van der Waals surface area contributed by atoms with Crippen LogP contribution in [0.1, 0.15) is 11.1 Å². The summed E-state index contributed by atoms with van der Waals surface area (Å²) >= 11 is 0. The third kappa shape index (κ3) is 1.40. The van der Waals surface area contributed by atoms with Crippen LogP contribution in [0, 0.1) is 12.7 Å². The van der Waals surface area contributed by atoms with Crippen molar-refractivity contribution in [2.45, 2.75) is 6.92 Å². The monoisotopic (exact) mass is 151 g/mol. The smallest absolute Gasteiger partial charge is 0.126 e. The molecule has 0 bridgehead atoms. The molecule has 0 aliphatic rings. The fourth-order valence-electron chi connectivity index (χ4n) is 0.896. The van der Waals surface area contributed by atoms with Gasteiger partial charge in [-0.15, -0.1) is 0 Å². The molecule has 58 valence electrons. The molecule has 0 aromatic heterocycles. The van der Waals surface area contributed by atoms with E-state index in [1.54, 1.807) is 13.0 Å². The Labute approximate surface area is 65.3 Å². The SMILES string of the molecule is C=Cc1cc(F)c(C)cc1N. The van der Waals surface area contributed by atoms with Gasteiger partial charge in [0.1, 0.15) is 5.82 Å². The molecule has 1 aromatic carbocycles. The number of rotatable bonds is 1. The lowest BCUT2D eigenvalue weighted by atomic mass is 10.1. The number of nitrogens with two attached hydrogens (primary N) is 1. The van der Waals surface area contributed by atoms with Crippen molar-refractivity contribution in [3.8, 4) is 0 Å². The second-order valence-electron chi connectivity index (χ2n) is 2.43. The van der Waals surface area contributed by atoms with Gasteiger partial charge < -0.3 is 5.73 Å². The Morgan fingerprint density at radius 1 is 1.55 bits per heavy atom. The third-order valence-corrected chi connectivity index (χ3v) is 1.58. The van der Waals surface area contributed by atoms with E-state index in [-0.39, 0.29) is 5.82 Å². The average Bonchev–Trinajstić information content (AvgIpc) is 1.97. The molecule has 0 unspecified atom stereocenters. The summed E-state index contributed by atoms with van der Waals surface area (Å²) in [5.41, 5.74) is 7.34. The summed E-state index contributed by atoms with van der Waals surface area (Å²) in [5.74, 6) is -0.242. The number of nitrogen functional groups attached to an aromatic ring is 1. The van der Waals surface area contributed by atoms with Gasteiger partial charge >= 0.3 is 0 Å². The topological polar surface area (TPSA) is 26.0 Å². The number of aryl methyl sites for hydroxylation is 1. The molecule has 0 amide bonds. The van der Waals surface area contributed by atoms with E-state index in [1.807, 2.05) is 0 Å². The van der Waals surface area contributed by atoms with Gasteiger partial charge in [-0.05, 0) is 30.2 Å². The van der Waals surface area contributed by atoms with Gasteiger partial charge in [-0.1, -0.05) is 12.7 Å². The fraction of sp³-hybridized carbons (Fsp3) is 0.111. The van der Waals surface area contributed by atoms with Crippen LogP contribution in [-0.4, -0.2) is 0 Å². The Morgan fingerprint density at radius 2 is 2.18 bits per heavy atom. The summed E-state index contributed by atoms with van der Waals surface area (Å²) < 4.78 is 12.8. The Hall–Kier alpha value is -1.31. The lowest BCUT2D eigenvalue weighted by Gasteiger charge is -2.02. The maximum atomic E-state index is 12.8.